The minimum atomic E-state index is -0.901. The molecule has 3 unspecified atom stereocenters. The highest BCUT2D eigenvalue weighted by Gasteiger charge is 2.36. The topological polar surface area (TPSA) is 155 Å². The van der Waals surface area contributed by atoms with Gasteiger partial charge in [0.15, 0.2) is 0 Å². The molecule has 0 aliphatic carbocycles. The molecule has 2 bridgehead atoms. The van der Waals surface area contributed by atoms with Crippen LogP contribution in [-0.2, 0) is 38.6 Å². The molecular weight excluding hydrogens is 564 g/mol. The lowest BCUT2D eigenvalue weighted by Gasteiger charge is -2.29. The summed E-state index contributed by atoms with van der Waals surface area (Å²) in [5.74, 6) is -2.19. The predicted molar refractivity (Wildman–Crippen MR) is 165 cm³/mol. The first-order chi connectivity index (χ1) is 20.8. The van der Waals surface area contributed by atoms with E-state index in [0.29, 0.717) is 38.2 Å². The molecule has 2 aromatic carbocycles. The Morgan fingerprint density at radius 2 is 1.59 bits per heavy atom. The maximum atomic E-state index is 13.7. The Bertz CT molecular complexity index is 1260. The fourth-order valence-corrected chi connectivity index (χ4v) is 5.07. The summed E-state index contributed by atoms with van der Waals surface area (Å²) < 4.78 is 11.1. The summed E-state index contributed by atoms with van der Waals surface area (Å²) in [6.07, 6.45) is 0.970. The molecule has 11 heteroatoms. The van der Waals surface area contributed by atoms with E-state index in [1.807, 2.05) is 62.4 Å². The van der Waals surface area contributed by atoms with Crippen molar-refractivity contribution in [3.63, 3.8) is 0 Å². The number of fused-ring (bicyclic) bond motifs is 11. The Balaban J connectivity index is 1.73. The molecular formula is C33H46N4O7. The summed E-state index contributed by atoms with van der Waals surface area (Å²) >= 11 is 0. The number of rotatable bonds is 8. The SMILES string of the molecule is CC(C)CC1C(=O)NC(C(=O)NCc2ccc(CNC(=O)OC(C)(C)C)cc2)Cc2ccc(cc2)OCCCC1C(=O)NO. The summed E-state index contributed by atoms with van der Waals surface area (Å²) in [4.78, 5) is 51.8. The third kappa shape index (κ3) is 11.2. The summed E-state index contributed by atoms with van der Waals surface area (Å²) in [5, 5.41) is 18.0. The zero-order chi connectivity index (χ0) is 32.3. The molecule has 240 valence electrons. The number of alkyl carbamates (subject to hydrolysis) is 1. The molecule has 2 aliphatic rings. The number of carbonyl (C=O) groups is 4. The second-order valence-corrected chi connectivity index (χ2v) is 12.6. The number of ether oxygens (including phenoxy) is 2. The number of amides is 4. The van der Waals surface area contributed by atoms with Gasteiger partial charge in [-0.25, -0.2) is 10.3 Å². The monoisotopic (exact) mass is 610 g/mol. The molecule has 11 nitrogen and oxygen atoms in total. The van der Waals surface area contributed by atoms with Crippen LogP contribution in [0.1, 0.15) is 70.6 Å². The average molecular weight is 611 g/mol. The highest BCUT2D eigenvalue weighted by molar-refractivity contribution is 5.91. The van der Waals surface area contributed by atoms with Crippen molar-refractivity contribution in [1.29, 1.82) is 0 Å². The second-order valence-electron chi connectivity index (χ2n) is 12.6. The number of hydrogen-bond acceptors (Lipinski definition) is 7. The predicted octanol–water partition coefficient (Wildman–Crippen LogP) is 4.01. The number of hydroxylamine groups is 1. The van der Waals surface area contributed by atoms with Crippen molar-refractivity contribution in [2.24, 2.45) is 17.8 Å². The van der Waals surface area contributed by atoms with Gasteiger partial charge >= 0.3 is 6.09 Å². The van der Waals surface area contributed by atoms with Gasteiger partial charge in [0.2, 0.25) is 17.7 Å². The van der Waals surface area contributed by atoms with Crippen LogP contribution in [0.15, 0.2) is 48.5 Å². The lowest BCUT2D eigenvalue weighted by molar-refractivity contribution is -0.142. The van der Waals surface area contributed by atoms with Crippen molar-refractivity contribution in [1.82, 2.24) is 21.4 Å². The van der Waals surface area contributed by atoms with Gasteiger partial charge in [-0.3, -0.25) is 19.6 Å². The lowest BCUT2D eigenvalue weighted by Crippen LogP contribution is -2.51. The van der Waals surface area contributed by atoms with Gasteiger partial charge < -0.3 is 25.4 Å². The molecule has 0 saturated heterocycles. The van der Waals surface area contributed by atoms with E-state index in [-0.39, 0.29) is 24.8 Å². The molecule has 4 amide bonds. The number of nitrogens with one attached hydrogen (secondary N) is 4. The molecule has 3 atom stereocenters. The summed E-state index contributed by atoms with van der Waals surface area (Å²) in [6, 6.07) is 13.9. The van der Waals surface area contributed by atoms with Crippen LogP contribution in [-0.4, -0.2) is 47.3 Å². The first kappa shape index (κ1) is 34.4. The molecule has 0 saturated carbocycles. The Morgan fingerprint density at radius 3 is 2.16 bits per heavy atom. The molecule has 2 aliphatic heterocycles. The van der Waals surface area contributed by atoms with E-state index in [9.17, 15) is 24.4 Å². The van der Waals surface area contributed by atoms with Crippen LogP contribution in [0.5, 0.6) is 5.75 Å². The van der Waals surface area contributed by atoms with Gasteiger partial charge in [-0.15, -0.1) is 0 Å². The van der Waals surface area contributed by atoms with E-state index in [2.05, 4.69) is 16.0 Å². The van der Waals surface area contributed by atoms with Crippen LogP contribution in [0.2, 0.25) is 0 Å². The van der Waals surface area contributed by atoms with Gasteiger partial charge in [-0.1, -0.05) is 50.2 Å². The molecule has 2 aromatic rings. The largest absolute Gasteiger partial charge is 0.494 e. The maximum absolute atomic E-state index is 13.7. The molecule has 0 spiro atoms. The van der Waals surface area contributed by atoms with Crippen LogP contribution >= 0.6 is 0 Å². The second kappa shape index (κ2) is 16.1. The fourth-order valence-electron chi connectivity index (χ4n) is 5.07. The highest BCUT2D eigenvalue weighted by Crippen LogP contribution is 2.27. The molecule has 44 heavy (non-hydrogen) atoms. The van der Waals surface area contributed by atoms with E-state index in [4.69, 9.17) is 9.47 Å². The highest BCUT2D eigenvalue weighted by atomic mass is 16.6. The number of hydrogen-bond donors (Lipinski definition) is 5. The molecule has 0 aromatic heterocycles. The van der Waals surface area contributed by atoms with Gasteiger partial charge in [0.25, 0.3) is 0 Å². The van der Waals surface area contributed by atoms with Crippen molar-refractivity contribution in [3.05, 3.63) is 65.2 Å². The van der Waals surface area contributed by atoms with Crippen molar-refractivity contribution in [2.75, 3.05) is 6.61 Å². The first-order valence-electron chi connectivity index (χ1n) is 15.1. The molecule has 0 radical (unpaired) electrons. The Morgan fingerprint density at radius 1 is 0.977 bits per heavy atom. The minimum absolute atomic E-state index is 0.0938. The lowest BCUT2D eigenvalue weighted by atomic mass is 9.81. The Hall–Kier alpha value is -4.12. The summed E-state index contributed by atoms with van der Waals surface area (Å²) in [5.41, 5.74) is 3.68. The van der Waals surface area contributed by atoms with E-state index in [1.54, 1.807) is 26.3 Å². The molecule has 5 N–H and O–H groups in total. The van der Waals surface area contributed by atoms with E-state index in [1.165, 1.54) is 0 Å². The van der Waals surface area contributed by atoms with Gasteiger partial charge in [0.1, 0.15) is 17.4 Å². The minimum Gasteiger partial charge on any atom is -0.494 e. The van der Waals surface area contributed by atoms with Crippen LogP contribution < -0.4 is 26.2 Å². The Kier molecular flexibility index (Phi) is 12.6. The van der Waals surface area contributed by atoms with Crippen molar-refractivity contribution >= 4 is 23.8 Å². The van der Waals surface area contributed by atoms with Crippen molar-refractivity contribution in [2.45, 2.75) is 85.0 Å². The van der Waals surface area contributed by atoms with Crippen molar-refractivity contribution < 1.29 is 33.9 Å². The van der Waals surface area contributed by atoms with Gasteiger partial charge in [-0.2, -0.15) is 0 Å². The zero-order valence-electron chi connectivity index (χ0n) is 26.3. The Labute approximate surface area is 259 Å². The summed E-state index contributed by atoms with van der Waals surface area (Å²) in [6.45, 7) is 10.2. The normalized spacial score (nSPS) is 19.2. The van der Waals surface area contributed by atoms with Crippen LogP contribution in [0, 0.1) is 17.8 Å². The van der Waals surface area contributed by atoms with Gasteiger partial charge in [0, 0.05) is 25.4 Å². The molecule has 2 heterocycles. The van der Waals surface area contributed by atoms with E-state index >= 15 is 0 Å². The quantitative estimate of drug-likeness (QED) is 0.223. The smallest absolute Gasteiger partial charge is 0.407 e. The van der Waals surface area contributed by atoms with E-state index in [0.717, 1.165) is 16.7 Å². The standard InChI is InChI=1S/C33H46N4O7/c1-21(2)17-27-26(30(39)37-42)7-6-16-43-25-14-12-22(13-15-25)18-28(36-29(27)38)31(40)34-19-23-8-10-24(11-9-23)20-35-32(41)44-33(3,4)5/h8-15,21,26-28,42H,6-7,16-20H2,1-5H3,(H,34,40)(H,35,41)(H,36,38)(H,37,39). The average Bonchev–Trinajstić information content (AvgIpc) is 2.97. The maximum Gasteiger partial charge on any atom is 0.407 e. The van der Waals surface area contributed by atoms with Crippen LogP contribution in [0.25, 0.3) is 0 Å². The summed E-state index contributed by atoms with van der Waals surface area (Å²) in [7, 11) is 0. The molecule has 4 rings (SSSR count). The van der Waals surface area contributed by atoms with E-state index < -0.39 is 41.4 Å². The first-order valence-corrected chi connectivity index (χ1v) is 15.1. The number of carbonyl (C=O) groups excluding carboxylic acids is 4. The third-order valence-electron chi connectivity index (χ3n) is 7.24. The van der Waals surface area contributed by atoms with Crippen molar-refractivity contribution in [3.8, 4) is 5.75 Å². The fraction of sp³-hybridized carbons (Fsp3) is 0.515. The van der Waals surface area contributed by atoms with Gasteiger partial charge in [0.05, 0.1) is 12.5 Å². The van der Waals surface area contributed by atoms with Gasteiger partial charge in [-0.05, 0) is 74.8 Å². The molecule has 0 fully saturated rings. The van der Waals surface area contributed by atoms with Crippen LogP contribution in [0.4, 0.5) is 4.79 Å². The zero-order valence-corrected chi connectivity index (χ0v) is 26.3. The van der Waals surface area contributed by atoms with Crippen LogP contribution in [0.3, 0.4) is 0 Å². The third-order valence-corrected chi connectivity index (χ3v) is 7.24. The number of benzene rings is 2.